The highest BCUT2D eigenvalue weighted by atomic mass is 35.5. The van der Waals surface area contributed by atoms with Crippen molar-refractivity contribution in [1.29, 1.82) is 0 Å². The molecule has 7 atom stereocenters. The van der Waals surface area contributed by atoms with Crippen LogP contribution in [0.5, 0.6) is 0 Å². The van der Waals surface area contributed by atoms with Gasteiger partial charge in [-0.2, -0.15) is 36.2 Å². The molecule has 116 heavy (non-hydrogen) atoms. The van der Waals surface area contributed by atoms with E-state index in [1.54, 1.807) is 37.3 Å². The highest BCUT2D eigenvalue weighted by Gasteiger charge is 2.35. The fourth-order valence-electron chi connectivity index (χ4n) is 9.15. The van der Waals surface area contributed by atoms with E-state index in [1.165, 1.54) is 30.4 Å². The number of guanidine groups is 1. The van der Waals surface area contributed by atoms with Crippen molar-refractivity contribution in [3.8, 4) is 0 Å². The average molecular weight is 1730 g/mol. The van der Waals surface area contributed by atoms with Crippen LogP contribution >= 0.6 is 47.8 Å². The highest BCUT2D eigenvalue weighted by molar-refractivity contribution is 8.00. The van der Waals surface area contributed by atoms with Crippen molar-refractivity contribution in [2.24, 2.45) is 27.9 Å². The number of rotatable bonds is 65. The van der Waals surface area contributed by atoms with Crippen molar-refractivity contribution in [2.75, 3.05) is 175 Å². The first-order valence-electron chi connectivity index (χ1n) is 37.8. The number of unbranched alkanes of at least 4 members (excludes halogenated alkanes) is 1. The predicted octanol–water partition coefficient (Wildman–Crippen LogP) is -4.26. The Kier molecular flexibility index (Phi) is 61.5. The van der Waals surface area contributed by atoms with Crippen LogP contribution in [0.1, 0.15) is 99.5 Å². The van der Waals surface area contributed by atoms with Gasteiger partial charge in [-0.15, -0.1) is 11.6 Å². The molecule has 1 aromatic rings. The summed E-state index contributed by atoms with van der Waals surface area (Å²) >= 11 is 12.6. The standard InChI is InChI=1S/C58H99ClN14O16S3.C14H27N3O7/c1-8-86-33-47(76)63-21-23-87-25-27-89-28-26-88-24-22-64-50(80)42(34-90)71-52(82)40(29-37-15-10-9-11-16-37)70-55(85)44(36-92-58(5,6)7)73-53(83)41(30-48(77)78)68-46(75)32-66-49(79)38(18-14-20-65-56(61)62)69-54(84)43(35-91-57(2,3)4)72-51(81)39(17-12-13-19-60)67-45(74)31-59;1-12(18)16-2-4-21-6-8-23-9-7-22-5-3-17-14(20)11-24-10-13(15)19/h9-11,15-16,38-44,90H,8,12-14,17-36,60H2,1-7H3,(H,63,76)(H,64,80)(H,66,79)(H,67,74)(H,68,75)(H,69,84)(H,70,85)(H,71,82)(H,72,81)(H,73,83)(H,77,78)(H4,61,62,65);2-11H2,1H3,(H2,15,19)(H,16,18)(H,17,20)/t38-,39-,40-,41-,42-,43-,44-;/m0./s1. The molecule has 0 saturated carbocycles. The molecule has 0 fully saturated rings. The van der Waals surface area contributed by atoms with Crippen LogP contribution in [-0.4, -0.2) is 320 Å². The maximum Gasteiger partial charge on any atom is 0.305 e. The number of carbonyl (C=O) groups excluding carboxylic acids is 13. The molecule has 40 nitrogen and oxygen atoms in total. The Morgan fingerprint density at radius 3 is 1.34 bits per heavy atom. The third-order valence-electron chi connectivity index (χ3n) is 14.8. The van der Waals surface area contributed by atoms with Crippen LogP contribution in [0.4, 0.5) is 0 Å². The molecule has 0 spiro atoms. The molecule has 0 radical (unpaired) electrons. The number of carboxylic acid groups (broad SMARTS) is 1. The quantitative estimate of drug-likeness (QED) is 0.00965. The Hall–Kier alpha value is -7.95. The third-order valence-corrected chi connectivity index (χ3v) is 18.2. The minimum Gasteiger partial charge on any atom is -0.481 e. The Balaban J connectivity index is 0.00000470. The fourth-order valence-corrected chi connectivity index (χ4v) is 11.3. The number of thiol groups is 1. The van der Waals surface area contributed by atoms with Crippen molar-refractivity contribution < 1.29 is 110 Å². The van der Waals surface area contributed by atoms with Crippen molar-refractivity contribution in [3.05, 3.63) is 35.9 Å². The summed E-state index contributed by atoms with van der Waals surface area (Å²) in [4.78, 5) is 183. The molecule has 1 aromatic carbocycles. The van der Waals surface area contributed by atoms with Crippen LogP contribution in [0.3, 0.4) is 0 Å². The number of aliphatic carboxylic acids is 1. The third kappa shape index (κ3) is 60.5. The summed E-state index contributed by atoms with van der Waals surface area (Å²) in [5, 5.41) is 40.9. The summed E-state index contributed by atoms with van der Waals surface area (Å²) < 4.78 is 41.1. The van der Waals surface area contributed by atoms with E-state index in [9.17, 15) is 72.2 Å². The van der Waals surface area contributed by atoms with Crippen molar-refractivity contribution >= 4 is 136 Å². The Morgan fingerprint density at radius 1 is 0.474 bits per heavy atom. The number of hydrogen-bond acceptors (Lipinski definition) is 27. The Bertz CT molecular complexity index is 3110. The van der Waals surface area contributed by atoms with Gasteiger partial charge in [-0.05, 0) is 51.1 Å². The van der Waals surface area contributed by atoms with E-state index in [4.69, 9.17) is 72.4 Å². The molecule has 21 N–H and O–H groups in total. The number of alkyl halides is 1. The van der Waals surface area contributed by atoms with E-state index in [0.29, 0.717) is 104 Å². The normalized spacial score (nSPS) is 13.0. The first-order chi connectivity index (χ1) is 55.0. The summed E-state index contributed by atoms with van der Waals surface area (Å²) in [7, 11) is 0. The smallest absolute Gasteiger partial charge is 0.305 e. The topological polar surface area (TPSA) is 594 Å². The zero-order valence-corrected chi connectivity index (χ0v) is 71.1. The number of primary amides is 1. The van der Waals surface area contributed by atoms with E-state index < -0.39 is 136 Å². The molecule has 0 saturated heterocycles. The molecule has 0 aromatic heterocycles. The van der Waals surface area contributed by atoms with Crippen LogP contribution in [0.25, 0.3) is 0 Å². The molecule has 44 heteroatoms. The SMILES string of the molecule is CC(=O)NCCOCCOCCOCCNC(=O)COCC(N)=O.CCOCC(=O)NCCOCCOCCOCCNC(=O)[C@H](CS)NC(=O)[C@H](Cc1ccccc1)NC(=O)[C@H](CSC(C)(C)C)NC(=O)[C@H](CC(=O)O)NC(=O)CNC(=O)[C@H](CCCN=C(N)N)NC(=O)[C@H](CSC(C)(C)C)NC(=O)[C@H](CCCCN)NC(=O)CCl. The van der Waals surface area contributed by atoms with E-state index in [0.717, 1.165) is 0 Å². The maximum atomic E-state index is 14.4. The van der Waals surface area contributed by atoms with Gasteiger partial charge >= 0.3 is 5.97 Å². The highest BCUT2D eigenvalue weighted by Crippen LogP contribution is 2.25. The van der Waals surface area contributed by atoms with Gasteiger partial charge in [0.05, 0.1) is 92.2 Å². The number of carboxylic acids is 1. The average Bonchev–Trinajstić information content (AvgIpc) is 0.859. The molecule has 0 aliphatic heterocycles. The number of nitrogens with zero attached hydrogens (tertiary/aromatic N) is 1. The first-order valence-corrected chi connectivity index (χ1v) is 41.0. The maximum absolute atomic E-state index is 14.4. The van der Waals surface area contributed by atoms with Crippen molar-refractivity contribution in [1.82, 2.24) is 63.8 Å². The van der Waals surface area contributed by atoms with Crippen LogP contribution < -0.4 is 86.7 Å². The second-order valence-corrected chi connectivity index (χ2v) is 31.5. The zero-order chi connectivity index (χ0) is 87.1. The summed E-state index contributed by atoms with van der Waals surface area (Å²) in [6.45, 7) is 19.1. The molecule has 0 aliphatic rings. The van der Waals surface area contributed by atoms with Crippen LogP contribution in [0.2, 0.25) is 0 Å². The molecule has 0 unspecified atom stereocenters. The van der Waals surface area contributed by atoms with Gasteiger partial charge in [0.1, 0.15) is 68.0 Å². The van der Waals surface area contributed by atoms with Crippen molar-refractivity contribution in [2.45, 2.75) is 152 Å². The fraction of sp³-hybridized carbons (Fsp3) is 0.708. The molecular formula is C72H126ClN17O23S3. The number of benzene rings is 1. The summed E-state index contributed by atoms with van der Waals surface area (Å²) in [5.41, 5.74) is 22.1. The number of hydrogen-bond donors (Lipinski definition) is 18. The summed E-state index contributed by atoms with van der Waals surface area (Å²) in [6, 6.07) is -0.871. The number of halogens is 1. The Morgan fingerprint density at radius 2 is 0.888 bits per heavy atom. The van der Waals surface area contributed by atoms with Crippen LogP contribution in [0.15, 0.2) is 35.3 Å². The molecule has 1 rings (SSSR count). The lowest BCUT2D eigenvalue weighted by atomic mass is 10.0. The minimum absolute atomic E-state index is 0.0134. The monoisotopic (exact) mass is 1730 g/mol. The number of amides is 13. The minimum atomic E-state index is -1.83. The zero-order valence-electron chi connectivity index (χ0n) is 67.8. The number of carbonyl (C=O) groups is 14. The van der Waals surface area contributed by atoms with Gasteiger partial charge in [-0.1, -0.05) is 71.9 Å². The predicted molar refractivity (Wildman–Crippen MR) is 440 cm³/mol. The molecule has 0 aliphatic carbocycles. The van der Waals surface area contributed by atoms with Crippen LogP contribution in [-0.2, 0) is 111 Å². The Labute approximate surface area is 697 Å². The van der Waals surface area contributed by atoms with E-state index >= 15 is 0 Å². The largest absolute Gasteiger partial charge is 0.481 e. The number of nitrogens with two attached hydrogens (primary N) is 4. The van der Waals surface area contributed by atoms with Gasteiger partial charge in [0.25, 0.3) is 0 Å². The van der Waals surface area contributed by atoms with Gasteiger partial charge in [0, 0.05) is 79.4 Å². The van der Waals surface area contributed by atoms with Gasteiger partial charge < -0.3 is 130 Å². The van der Waals surface area contributed by atoms with Gasteiger partial charge in [-0.25, -0.2) is 0 Å². The second-order valence-electron chi connectivity index (χ2n) is 27.2. The van der Waals surface area contributed by atoms with E-state index in [1.807, 2.05) is 41.5 Å². The van der Waals surface area contributed by atoms with Crippen LogP contribution in [0, 0.1) is 0 Å². The van der Waals surface area contributed by atoms with Gasteiger partial charge in [-0.3, -0.25) is 72.1 Å². The van der Waals surface area contributed by atoms with Gasteiger partial charge in [0.2, 0.25) is 76.8 Å². The lowest BCUT2D eigenvalue weighted by molar-refractivity contribution is -0.141. The van der Waals surface area contributed by atoms with Crippen molar-refractivity contribution in [3.63, 3.8) is 0 Å². The molecule has 13 amide bonds. The number of aliphatic imine (C=N–C) groups is 1. The molecular weight excluding hydrogens is 1600 g/mol. The molecule has 662 valence electrons. The summed E-state index contributed by atoms with van der Waals surface area (Å²) in [5.74, 6) is -11.1. The first kappa shape index (κ1) is 108. The number of thioether (sulfide) groups is 2. The number of nitrogens with one attached hydrogen (secondary N) is 12. The molecule has 0 heterocycles. The second kappa shape index (κ2) is 66.0. The molecule has 0 bridgehead atoms. The van der Waals surface area contributed by atoms with E-state index in [-0.39, 0.29) is 126 Å². The number of ether oxygens (including phenoxy) is 8. The van der Waals surface area contributed by atoms with Gasteiger partial charge in [0.15, 0.2) is 5.96 Å². The lowest BCUT2D eigenvalue weighted by Gasteiger charge is -2.28. The summed E-state index contributed by atoms with van der Waals surface area (Å²) in [6.07, 6.45) is 0.179. The van der Waals surface area contributed by atoms with E-state index in [2.05, 4.69) is 81.4 Å². The lowest BCUT2D eigenvalue weighted by Crippen LogP contribution is -2.60.